The molecule has 2 aromatic carbocycles. The van der Waals surface area contributed by atoms with Gasteiger partial charge in [-0.05, 0) is 52.2 Å². The smallest absolute Gasteiger partial charge is 0.338 e. The molecule has 0 fully saturated rings. The predicted molar refractivity (Wildman–Crippen MR) is 114 cm³/mol. The van der Waals surface area contributed by atoms with Gasteiger partial charge in [-0.2, -0.15) is 0 Å². The van der Waals surface area contributed by atoms with Crippen molar-refractivity contribution in [3.8, 4) is 23.0 Å². The van der Waals surface area contributed by atoms with Crippen LogP contribution in [0.25, 0.3) is 0 Å². The minimum Gasteiger partial charge on any atom is -0.495 e. The largest absolute Gasteiger partial charge is 0.495 e. The first-order chi connectivity index (χ1) is 14.4. The average Bonchev–Trinajstić information content (AvgIpc) is 2.77. The predicted octanol–water partition coefficient (Wildman–Crippen LogP) is 3.00. The molecular weight excluding hydrogens is 458 g/mol. The summed E-state index contributed by atoms with van der Waals surface area (Å²) in [5, 5.41) is 2.71. The van der Waals surface area contributed by atoms with Gasteiger partial charge in [0.1, 0.15) is 16.0 Å². The SMILES string of the molecule is COc1ccc(CCNC(=O)COC(=O)c2cc(OC)c(Br)c(OC)c2)cc1OC. The molecule has 1 N–H and O–H groups in total. The molecule has 1 amide bonds. The van der Waals surface area contributed by atoms with E-state index in [-0.39, 0.29) is 5.56 Å². The van der Waals surface area contributed by atoms with E-state index in [4.69, 9.17) is 23.7 Å². The topological polar surface area (TPSA) is 92.3 Å². The summed E-state index contributed by atoms with van der Waals surface area (Å²) in [6.07, 6.45) is 0.584. The van der Waals surface area contributed by atoms with Gasteiger partial charge in [-0.1, -0.05) is 6.07 Å². The highest BCUT2D eigenvalue weighted by molar-refractivity contribution is 9.10. The Morgan fingerprint density at radius 3 is 2.03 bits per heavy atom. The minimum atomic E-state index is -0.658. The van der Waals surface area contributed by atoms with Crippen molar-refractivity contribution in [3.63, 3.8) is 0 Å². The Hall–Kier alpha value is -2.94. The first kappa shape index (κ1) is 23.3. The number of carbonyl (C=O) groups excluding carboxylic acids is 2. The third-order valence-electron chi connectivity index (χ3n) is 4.20. The molecular formula is C21H24BrNO7. The molecule has 0 saturated heterocycles. The van der Waals surface area contributed by atoms with E-state index >= 15 is 0 Å². The van der Waals surface area contributed by atoms with Gasteiger partial charge in [-0.3, -0.25) is 4.79 Å². The number of hydrogen-bond donors (Lipinski definition) is 1. The molecule has 162 valence electrons. The van der Waals surface area contributed by atoms with Gasteiger partial charge in [0.15, 0.2) is 18.1 Å². The number of hydrogen-bond acceptors (Lipinski definition) is 7. The van der Waals surface area contributed by atoms with Crippen molar-refractivity contribution in [3.05, 3.63) is 45.9 Å². The van der Waals surface area contributed by atoms with Crippen LogP contribution in [-0.4, -0.2) is 53.5 Å². The van der Waals surface area contributed by atoms with Crippen LogP contribution in [0.2, 0.25) is 0 Å². The quantitative estimate of drug-likeness (QED) is 0.521. The maximum Gasteiger partial charge on any atom is 0.338 e. The zero-order valence-corrected chi connectivity index (χ0v) is 18.8. The molecule has 0 bridgehead atoms. The minimum absolute atomic E-state index is 0.213. The number of nitrogens with one attached hydrogen (secondary N) is 1. The van der Waals surface area contributed by atoms with Crippen molar-refractivity contribution in [2.45, 2.75) is 6.42 Å². The first-order valence-electron chi connectivity index (χ1n) is 8.99. The van der Waals surface area contributed by atoms with E-state index in [0.717, 1.165) is 5.56 Å². The monoisotopic (exact) mass is 481 g/mol. The fraction of sp³-hybridized carbons (Fsp3) is 0.333. The van der Waals surface area contributed by atoms with Crippen LogP contribution in [0.5, 0.6) is 23.0 Å². The van der Waals surface area contributed by atoms with Crippen LogP contribution in [0.1, 0.15) is 15.9 Å². The Morgan fingerprint density at radius 2 is 1.47 bits per heavy atom. The number of methoxy groups -OCH3 is 4. The van der Waals surface area contributed by atoms with Crippen molar-refractivity contribution in [1.29, 1.82) is 0 Å². The molecule has 9 heteroatoms. The Morgan fingerprint density at radius 1 is 0.867 bits per heavy atom. The highest BCUT2D eigenvalue weighted by Crippen LogP contribution is 2.35. The van der Waals surface area contributed by atoms with Gasteiger partial charge < -0.3 is 29.0 Å². The molecule has 30 heavy (non-hydrogen) atoms. The second-order valence-electron chi connectivity index (χ2n) is 6.06. The summed E-state index contributed by atoms with van der Waals surface area (Å²) in [6.45, 7) is -0.0166. The lowest BCUT2D eigenvalue weighted by Gasteiger charge is -2.12. The van der Waals surface area contributed by atoms with Gasteiger partial charge in [0.25, 0.3) is 5.91 Å². The molecule has 2 aromatic rings. The Kier molecular flexibility index (Phi) is 8.79. The molecule has 0 aliphatic heterocycles. The van der Waals surface area contributed by atoms with Gasteiger partial charge in [0.05, 0.1) is 34.0 Å². The Labute approximate surface area is 183 Å². The molecule has 0 aliphatic rings. The third-order valence-corrected chi connectivity index (χ3v) is 4.98. The van der Waals surface area contributed by atoms with Crippen LogP contribution >= 0.6 is 15.9 Å². The molecule has 0 radical (unpaired) electrons. The number of carbonyl (C=O) groups is 2. The van der Waals surface area contributed by atoms with Crippen molar-refractivity contribution in [2.75, 3.05) is 41.6 Å². The fourth-order valence-electron chi connectivity index (χ4n) is 2.64. The number of rotatable bonds is 10. The van der Waals surface area contributed by atoms with E-state index in [1.165, 1.54) is 26.4 Å². The molecule has 0 heterocycles. The van der Waals surface area contributed by atoms with Crippen LogP contribution in [0.4, 0.5) is 0 Å². The molecule has 0 saturated carbocycles. The fourth-order valence-corrected chi connectivity index (χ4v) is 3.19. The van der Waals surface area contributed by atoms with Crippen LogP contribution in [0.15, 0.2) is 34.8 Å². The third kappa shape index (κ3) is 6.03. The molecule has 0 aliphatic carbocycles. The van der Waals surface area contributed by atoms with Gasteiger partial charge >= 0.3 is 5.97 Å². The highest BCUT2D eigenvalue weighted by atomic mass is 79.9. The van der Waals surface area contributed by atoms with E-state index in [1.807, 2.05) is 12.1 Å². The zero-order valence-electron chi connectivity index (χ0n) is 17.2. The van der Waals surface area contributed by atoms with Crippen LogP contribution in [0.3, 0.4) is 0 Å². The first-order valence-corrected chi connectivity index (χ1v) is 9.79. The van der Waals surface area contributed by atoms with Crippen LogP contribution in [0, 0.1) is 0 Å². The average molecular weight is 482 g/mol. The highest BCUT2D eigenvalue weighted by Gasteiger charge is 2.16. The maximum absolute atomic E-state index is 12.3. The number of halogens is 1. The van der Waals surface area contributed by atoms with E-state index in [1.54, 1.807) is 20.3 Å². The summed E-state index contributed by atoms with van der Waals surface area (Å²) in [7, 11) is 6.08. The molecule has 2 rings (SSSR count). The van der Waals surface area contributed by atoms with Crippen molar-refractivity contribution >= 4 is 27.8 Å². The molecule has 8 nitrogen and oxygen atoms in total. The van der Waals surface area contributed by atoms with Gasteiger partial charge in [0, 0.05) is 6.54 Å². The maximum atomic E-state index is 12.3. The lowest BCUT2D eigenvalue weighted by molar-refractivity contribution is -0.124. The van der Waals surface area contributed by atoms with E-state index in [2.05, 4.69) is 21.2 Å². The van der Waals surface area contributed by atoms with Gasteiger partial charge in [0.2, 0.25) is 0 Å². The van der Waals surface area contributed by atoms with E-state index in [9.17, 15) is 9.59 Å². The molecule has 0 spiro atoms. The number of amides is 1. The van der Waals surface area contributed by atoms with E-state index < -0.39 is 18.5 Å². The standard InChI is InChI=1S/C21H24BrNO7/c1-26-15-6-5-13(9-16(15)27-2)7-8-23-19(24)12-30-21(25)14-10-17(28-3)20(22)18(11-14)29-4/h5-6,9-11H,7-8,12H2,1-4H3,(H,23,24). The summed E-state index contributed by atoms with van der Waals surface area (Å²) in [5.41, 5.74) is 1.18. The van der Waals surface area contributed by atoms with Gasteiger partial charge in [-0.15, -0.1) is 0 Å². The summed E-state index contributed by atoms with van der Waals surface area (Å²) >= 11 is 3.33. The zero-order chi connectivity index (χ0) is 22.1. The summed E-state index contributed by atoms with van der Waals surface area (Å²) in [6, 6.07) is 8.55. The Bertz CT molecular complexity index is 876. The summed E-state index contributed by atoms with van der Waals surface area (Å²) < 4.78 is 26.5. The number of esters is 1. The van der Waals surface area contributed by atoms with Crippen LogP contribution in [-0.2, 0) is 16.0 Å². The summed E-state index contributed by atoms with van der Waals surface area (Å²) in [4.78, 5) is 24.3. The van der Waals surface area contributed by atoms with Crippen molar-refractivity contribution < 1.29 is 33.3 Å². The number of ether oxygens (including phenoxy) is 5. The van der Waals surface area contributed by atoms with Crippen molar-refractivity contribution in [1.82, 2.24) is 5.32 Å². The Balaban J connectivity index is 1.85. The number of benzene rings is 2. The second kappa shape index (κ2) is 11.3. The van der Waals surface area contributed by atoms with Gasteiger partial charge in [-0.25, -0.2) is 4.79 Å². The van der Waals surface area contributed by atoms with E-state index in [0.29, 0.717) is 40.4 Å². The van der Waals surface area contributed by atoms with Crippen LogP contribution < -0.4 is 24.3 Å². The lowest BCUT2D eigenvalue weighted by atomic mass is 10.1. The summed E-state index contributed by atoms with van der Waals surface area (Å²) in [5.74, 6) is 1.03. The second-order valence-corrected chi connectivity index (χ2v) is 6.85. The molecule has 0 aromatic heterocycles. The normalized spacial score (nSPS) is 10.2. The molecule has 0 unspecified atom stereocenters. The van der Waals surface area contributed by atoms with Crippen molar-refractivity contribution in [2.24, 2.45) is 0 Å². The molecule has 0 atom stereocenters. The lowest BCUT2D eigenvalue weighted by Crippen LogP contribution is -2.30.